The van der Waals surface area contributed by atoms with E-state index in [4.69, 9.17) is 4.52 Å². The molecule has 168 valence electrons. The Morgan fingerprint density at radius 2 is 1.94 bits per heavy atom. The molecule has 0 atom stereocenters. The molecular weight excluding hydrogens is 400 g/mol. The number of nitrogens with zero attached hydrogens (tertiary/aromatic N) is 3. The van der Waals surface area contributed by atoms with Gasteiger partial charge in [0.05, 0.1) is 6.54 Å². The van der Waals surface area contributed by atoms with Gasteiger partial charge < -0.3 is 9.84 Å². The molecule has 2 heterocycles. The number of rotatable bonds is 8. The molecule has 1 aliphatic heterocycles. The maximum Gasteiger partial charge on any atom is 0.241 e. The second-order valence-corrected chi connectivity index (χ2v) is 8.72. The summed E-state index contributed by atoms with van der Waals surface area (Å²) in [4.78, 5) is 19.5. The van der Waals surface area contributed by atoms with Crippen LogP contribution in [-0.4, -0.2) is 34.0 Å². The van der Waals surface area contributed by atoms with Gasteiger partial charge in [-0.2, -0.15) is 4.98 Å². The standard InChI is InChI=1S/C26H32N4O2/c1-3-4-7-20-9-11-23(12-10-20)27-26(31)21-13-15-30(16-14-21)18-24-28-25(29-32-24)22-8-5-6-19(2)17-22/h5-6,8-12,17,21H,3-4,7,13-16,18H2,1-2H3,(H,27,31). The number of unbranched alkanes of at least 4 members (excludes halogenated alkanes) is 1. The monoisotopic (exact) mass is 432 g/mol. The Kier molecular flexibility index (Phi) is 7.32. The highest BCUT2D eigenvalue weighted by molar-refractivity contribution is 5.92. The first-order chi connectivity index (χ1) is 15.6. The molecule has 1 aliphatic rings. The Labute approximate surface area is 190 Å². The zero-order chi connectivity index (χ0) is 22.3. The Bertz CT molecular complexity index is 1020. The summed E-state index contributed by atoms with van der Waals surface area (Å²) in [5.41, 5.74) is 4.34. The van der Waals surface area contributed by atoms with Crippen LogP contribution in [0.4, 0.5) is 5.69 Å². The van der Waals surface area contributed by atoms with Gasteiger partial charge in [-0.25, -0.2) is 0 Å². The number of benzene rings is 2. The minimum absolute atomic E-state index is 0.0385. The fraction of sp³-hybridized carbons (Fsp3) is 0.423. The molecule has 1 N–H and O–H groups in total. The third-order valence-electron chi connectivity index (χ3n) is 6.10. The third-order valence-corrected chi connectivity index (χ3v) is 6.10. The molecule has 0 bridgehead atoms. The molecule has 0 spiro atoms. The number of carbonyl (C=O) groups excluding carboxylic acids is 1. The molecule has 0 unspecified atom stereocenters. The zero-order valence-corrected chi connectivity index (χ0v) is 19.0. The van der Waals surface area contributed by atoms with Gasteiger partial charge in [0.1, 0.15) is 0 Å². The molecule has 0 aliphatic carbocycles. The second-order valence-electron chi connectivity index (χ2n) is 8.72. The van der Waals surface area contributed by atoms with Crippen LogP contribution in [-0.2, 0) is 17.8 Å². The summed E-state index contributed by atoms with van der Waals surface area (Å²) in [6, 6.07) is 16.3. The van der Waals surface area contributed by atoms with Crippen molar-refractivity contribution in [3.8, 4) is 11.4 Å². The molecule has 1 aromatic heterocycles. The number of hydrogen-bond acceptors (Lipinski definition) is 5. The van der Waals surface area contributed by atoms with Crippen molar-refractivity contribution in [2.24, 2.45) is 5.92 Å². The van der Waals surface area contributed by atoms with Crippen molar-refractivity contribution in [3.63, 3.8) is 0 Å². The van der Waals surface area contributed by atoms with Crippen LogP contribution < -0.4 is 5.32 Å². The van der Waals surface area contributed by atoms with E-state index in [9.17, 15) is 4.79 Å². The van der Waals surface area contributed by atoms with Crippen LogP contribution in [0.2, 0.25) is 0 Å². The topological polar surface area (TPSA) is 71.3 Å². The molecule has 1 fully saturated rings. The largest absolute Gasteiger partial charge is 0.338 e. The van der Waals surface area contributed by atoms with Crippen LogP contribution in [0.5, 0.6) is 0 Å². The summed E-state index contributed by atoms with van der Waals surface area (Å²) in [7, 11) is 0. The normalized spacial score (nSPS) is 15.1. The van der Waals surface area contributed by atoms with Crippen molar-refractivity contribution in [1.82, 2.24) is 15.0 Å². The number of likely N-dealkylation sites (tertiary alicyclic amines) is 1. The van der Waals surface area contributed by atoms with Crippen molar-refractivity contribution >= 4 is 11.6 Å². The highest BCUT2D eigenvalue weighted by Crippen LogP contribution is 2.22. The zero-order valence-electron chi connectivity index (χ0n) is 19.0. The predicted molar refractivity (Wildman–Crippen MR) is 126 cm³/mol. The van der Waals surface area contributed by atoms with Gasteiger partial charge in [0.2, 0.25) is 17.6 Å². The Morgan fingerprint density at radius 1 is 1.16 bits per heavy atom. The van der Waals surface area contributed by atoms with Gasteiger partial charge in [-0.3, -0.25) is 9.69 Å². The van der Waals surface area contributed by atoms with Gasteiger partial charge >= 0.3 is 0 Å². The van der Waals surface area contributed by atoms with E-state index >= 15 is 0 Å². The average molecular weight is 433 g/mol. The van der Waals surface area contributed by atoms with Gasteiger partial charge in [0.15, 0.2) is 0 Å². The van der Waals surface area contributed by atoms with Crippen molar-refractivity contribution < 1.29 is 9.32 Å². The predicted octanol–water partition coefficient (Wildman–Crippen LogP) is 5.24. The average Bonchev–Trinajstić information content (AvgIpc) is 3.27. The fourth-order valence-electron chi connectivity index (χ4n) is 4.15. The van der Waals surface area contributed by atoms with Gasteiger partial charge in [-0.05, 0) is 69.5 Å². The van der Waals surface area contributed by atoms with Crippen LogP contribution >= 0.6 is 0 Å². The summed E-state index contributed by atoms with van der Waals surface area (Å²) in [6.45, 7) is 6.55. The van der Waals surface area contributed by atoms with E-state index < -0.39 is 0 Å². The second kappa shape index (κ2) is 10.6. The van der Waals surface area contributed by atoms with Gasteiger partial charge in [0.25, 0.3) is 0 Å². The molecule has 4 rings (SSSR count). The maximum absolute atomic E-state index is 12.7. The lowest BCUT2D eigenvalue weighted by Crippen LogP contribution is -2.37. The lowest BCUT2D eigenvalue weighted by Gasteiger charge is -2.30. The molecule has 0 saturated carbocycles. The van der Waals surface area contributed by atoms with Gasteiger partial charge in [-0.1, -0.05) is 54.4 Å². The van der Waals surface area contributed by atoms with E-state index in [0.29, 0.717) is 18.3 Å². The molecule has 1 amide bonds. The molecular formula is C26H32N4O2. The van der Waals surface area contributed by atoms with E-state index in [1.807, 2.05) is 37.3 Å². The number of piperidine rings is 1. The third kappa shape index (κ3) is 5.82. The van der Waals surface area contributed by atoms with E-state index in [2.05, 4.69) is 45.5 Å². The first-order valence-electron chi connectivity index (χ1n) is 11.6. The molecule has 32 heavy (non-hydrogen) atoms. The molecule has 3 aromatic rings. The molecule has 0 radical (unpaired) electrons. The minimum Gasteiger partial charge on any atom is -0.338 e. The van der Waals surface area contributed by atoms with Crippen LogP contribution in [0.1, 0.15) is 49.6 Å². The first-order valence-corrected chi connectivity index (χ1v) is 11.6. The minimum atomic E-state index is 0.0385. The quantitative estimate of drug-likeness (QED) is 0.527. The molecule has 6 heteroatoms. The lowest BCUT2D eigenvalue weighted by molar-refractivity contribution is -0.121. The van der Waals surface area contributed by atoms with E-state index in [-0.39, 0.29) is 11.8 Å². The van der Waals surface area contributed by atoms with Crippen LogP contribution in [0, 0.1) is 12.8 Å². The highest BCUT2D eigenvalue weighted by atomic mass is 16.5. The SMILES string of the molecule is CCCCc1ccc(NC(=O)C2CCN(Cc3nc(-c4cccc(C)c4)no3)CC2)cc1. The fourth-order valence-corrected chi connectivity index (χ4v) is 4.15. The summed E-state index contributed by atoms with van der Waals surface area (Å²) in [6.07, 6.45) is 5.15. The highest BCUT2D eigenvalue weighted by Gasteiger charge is 2.26. The van der Waals surface area contributed by atoms with Crippen molar-refractivity contribution in [3.05, 3.63) is 65.5 Å². The maximum atomic E-state index is 12.7. The smallest absolute Gasteiger partial charge is 0.241 e. The number of hydrogen-bond donors (Lipinski definition) is 1. The van der Waals surface area contributed by atoms with Crippen molar-refractivity contribution in [1.29, 1.82) is 0 Å². The molecule has 1 saturated heterocycles. The summed E-state index contributed by atoms with van der Waals surface area (Å²) in [5, 5.41) is 7.22. The van der Waals surface area contributed by atoms with E-state index in [0.717, 1.165) is 43.6 Å². The van der Waals surface area contributed by atoms with Crippen LogP contribution in [0.3, 0.4) is 0 Å². The van der Waals surface area contributed by atoms with E-state index in [1.165, 1.54) is 24.0 Å². The summed E-state index contributed by atoms with van der Waals surface area (Å²) >= 11 is 0. The summed E-state index contributed by atoms with van der Waals surface area (Å²) in [5.74, 6) is 1.40. The van der Waals surface area contributed by atoms with Gasteiger partial charge in [-0.15, -0.1) is 0 Å². The molecule has 6 nitrogen and oxygen atoms in total. The van der Waals surface area contributed by atoms with Crippen molar-refractivity contribution in [2.45, 2.75) is 52.5 Å². The molecule has 2 aromatic carbocycles. The number of nitrogens with one attached hydrogen (secondary N) is 1. The Balaban J connectivity index is 1.25. The summed E-state index contributed by atoms with van der Waals surface area (Å²) < 4.78 is 5.47. The van der Waals surface area contributed by atoms with Crippen molar-refractivity contribution in [2.75, 3.05) is 18.4 Å². The Morgan fingerprint density at radius 3 is 2.66 bits per heavy atom. The first kappa shape index (κ1) is 22.2. The lowest BCUT2D eigenvalue weighted by atomic mass is 9.95. The van der Waals surface area contributed by atoms with E-state index in [1.54, 1.807) is 0 Å². The van der Waals surface area contributed by atoms with Crippen LogP contribution in [0.25, 0.3) is 11.4 Å². The number of amides is 1. The number of aryl methyl sites for hydroxylation is 2. The number of carbonyl (C=O) groups is 1. The Hall–Kier alpha value is -2.99. The van der Waals surface area contributed by atoms with Gasteiger partial charge in [0, 0.05) is 17.2 Å². The number of aromatic nitrogens is 2. The number of anilines is 1. The van der Waals surface area contributed by atoms with Crippen LogP contribution in [0.15, 0.2) is 53.1 Å².